The third kappa shape index (κ3) is 5.35. The summed E-state index contributed by atoms with van der Waals surface area (Å²) in [6.45, 7) is 5.92. The molecule has 0 saturated carbocycles. The van der Waals surface area contributed by atoms with E-state index in [0.717, 1.165) is 0 Å². The molecule has 7 heteroatoms. The summed E-state index contributed by atoms with van der Waals surface area (Å²) in [6, 6.07) is 5.35. The van der Waals surface area contributed by atoms with Crippen molar-refractivity contribution in [2.45, 2.75) is 38.1 Å². The first-order chi connectivity index (χ1) is 9.76. The van der Waals surface area contributed by atoms with Gasteiger partial charge in [0.25, 0.3) is 0 Å². The highest BCUT2D eigenvalue weighted by atomic mass is 32.2. The fourth-order valence-electron chi connectivity index (χ4n) is 1.90. The summed E-state index contributed by atoms with van der Waals surface area (Å²) in [4.78, 5) is 11.3. The molecule has 0 fully saturated rings. The van der Waals surface area contributed by atoms with Gasteiger partial charge >= 0.3 is 5.97 Å². The number of aliphatic carboxylic acids is 1. The van der Waals surface area contributed by atoms with Crippen molar-refractivity contribution in [1.82, 2.24) is 4.72 Å². The molecule has 0 bridgehead atoms. The summed E-state index contributed by atoms with van der Waals surface area (Å²) in [5.41, 5.74) is 0.582. The van der Waals surface area contributed by atoms with Crippen LogP contribution in [0.5, 0.6) is 0 Å². The van der Waals surface area contributed by atoms with Gasteiger partial charge in [0.1, 0.15) is 6.04 Å². The van der Waals surface area contributed by atoms with Crippen molar-refractivity contribution in [3.05, 3.63) is 24.3 Å². The number of carboxylic acid groups (broad SMARTS) is 1. The number of nitrogens with one attached hydrogen (secondary N) is 2. The van der Waals surface area contributed by atoms with Gasteiger partial charge in [0.05, 0.1) is 4.90 Å². The largest absolute Gasteiger partial charge is 0.480 e. The third-order valence-corrected chi connectivity index (χ3v) is 4.41. The lowest BCUT2D eigenvalue weighted by atomic mass is 10.0. The molecule has 0 aliphatic heterocycles. The molecule has 1 unspecified atom stereocenters. The van der Waals surface area contributed by atoms with Gasteiger partial charge in [-0.05, 0) is 36.6 Å². The average Bonchev–Trinajstić information content (AvgIpc) is 2.38. The Morgan fingerprint density at radius 1 is 1.24 bits per heavy atom. The highest BCUT2D eigenvalue weighted by Crippen LogP contribution is 2.17. The number of sulfonamides is 1. The SMILES string of the molecule is CCNS(=O)(=O)c1ccc(NC(CC(C)C)C(=O)O)cc1. The molecule has 0 saturated heterocycles. The van der Waals surface area contributed by atoms with E-state index in [0.29, 0.717) is 18.7 Å². The summed E-state index contributed by atoms with van der Waals surface area (Å²) in [5.74, 6) is -0.681. The molecule has 21 heavy (non-hydrogen) atoms. The topological polar surface area (TPSA) is 95.5 Å². The van der Waals surface area contributed by atoms with Crippen molar-refractivity contribution >= 4 is 21.7 Å². The van der Waals surface area contributed by atoms with Crippen LogP contribution >= 0.6 is 0 Å². The molecular weight excluding hydrogens is 292 g/mol. The van der Waals surface area contributed by atoms with Gasteiger partial charge in [0.15, 0.2) is 0 Å². The molecule has 0 aliphatic carbocycles. The van der Waals surface area contributed by atoms with E-state index in [-0.39, 0.29) is 10.8 Å². The van der Waals surface area contributed by atoms with Crippen molar-refractivity contribution in [3.63, 3.8) is 0 Å². The van der Waals surface area contributed by atoms with Crippen LogP contribution in [0.1, 0.15) is 27.2 Å². The quantitative estimate of drug-likeness (QED) is 0.681. The standard InChI is InChI=1S/C14H22N2O4S/c1-4-15-21(19,20)12-7-5-11(6-8-12)16-13(14(17)18)9-10(2)3/h5-8,10,13,15-16H,4,9H2,1-3H3,(H,17,18). The van der Waals surface area contributed by atoms with E-state index in [4.69, 9.17) is 5.11 Å². The molecule has 0 spiro atoms. The van der Waals surface area contributed by atoms with Gasteiger partial charge in [-0.1, -0.05) is 20.8 Å². The molecule has 0 heterocycles. The van der Waals surface area contributed by atoms with E-state index in [9.17, 15) is 13.2 Å². The van der Waals surface area contributed by atoms with Crippen molar-refractivity contribution in [1.29, 1.82) is 0 Å². The van der Waals surface area contributed by atoms with Crippen LogP contribution in [0.2, 0.25) is 0 Å². The molecule has 118 valence electrons. The molecule has 0 aromatic heterocycles. The van der Waals surface area contributed by atoms with Gasteiger partial charge < -0.3 is 10.4 Å². The minimum absolute atomic E-state index is 0.158. The number of carbonyl (C=O) groups is 1. The Morgan fingerprint density at radius 3 is 2.24 bits per heavy atom. The maximum absolute atomic E-state index is 11.8. The monoisotopic (exact) mass is 314 g/mol. The zero-order valence-electron chi connectivity index (χ0n) is 12.5. The van der Waals surface area contributed by atoms with Crippen molar-refractivity contribution in [2.75, 3.05) is 11.9 Å². The Balaban J connectivity index is 2.85. The Kier molecular flexibility index (Phi) is 6.17. The first-order valence-corrected chi connectivity index (χ1v) is 8.33. The number of benzene rings is 1. The van der Waals surface area contributed by atoms with Crippen LogP contribution in [-0.2, 0) is 14.8 Å². The summed E-state index contributed by atoms with van der Waals surface area (Å²) in [5, 5.41) is 12.1. The van der Waals surface area contributed by atoms with E-state index in [1.807, 2.05) is 13.8 Å². The highest BCUT2D eigenvalue weighted by Gasteiger charge is 2.19. The first-order valence-electron chi connectivity index (χ1n) is 6.85. The minimum atomic E-state index is -3.49. The molecule has 0 aliphatic rings. The van der Waals surface area contributed by atoms with Gasteiger partial charge in [-0.3, -0.25) is 0 Å². The molecule has 6 nitrogen and oxygen atoms in total. The van der Waals surface area contributed by atoms with Crippen molar-refractivity contribution in [3.8, 4) is 0 Å². The predicted octanol–water partition coefficient (Wildman–Crippen LogP) is 1.90. The summed E-state index contributed by atoms with van der Waals surface area (Å²) in [7, 11) is -3.49. The molecule has 0 amide bonds. The Morgan fingerprint density at radius 2 is 1.81 bits per heavy atom. The number of rotatable bonds is 8. The maximum Gasteiger partial charge on any atom is 0.326 e. The lowest BCUT2D eigenvalue weighted by Crippen LogP contribution is -2.30. The Labute approximate surface area is 125 Å². The second-order valence-electron chi connectivity index (χ2n) is 5.19. The van der Waals surface area contributed by atoms with Crippen LogP contribution in [-0.4, -0.2) is 32.1 Å². The fraction of sp³-hybridized carbons (Fsp3) is 0.500. The zero-order valence-corrected chi connectivity index (χ0v) is 13.3. The van der Waals surface area contributed by atoms with E-state index in [1.54, 1.807) is 19.1 Å². The lowest BCUT2D eigenvalue weighted by Gasteiger charge is -2.17. The molecule has 1 rings (SSSR count). The predicted molar refractivity (Wildman–Crippen MR) is 81.8 cm³/mol. The summed E-state index contributed by atoms with van der Waals surface area (Å²) in [6.07, 6.45) is 0.493. The number of anilines is 1. The average molecular weight is 314 g/mol. The van der Waals surface area contributed by atoms with Crippen molar-refractivity contribution < 1.29 is 18.3 Å². The van der Waals surface area contributed by atoms with Crippen LogP contribution in [0.3, 0.4) is 0 Å². The van der Waals surface area contributed by atoms with Gasteiger partial charge in [-0.2, -0.15) is 0 Å². The number of hydrogen-bond donors (Lipinski definition) is 3. The molecule has 1 aromatic carbocycles. The summed E-state index contributed by atoms with van der Waals surface area (Å²) >= 11 is 0. The van der Waals surface area contributed by atoms with Crippen LogP contribution in [0.4, 0.5) is 5.69 Å². The molecule has 1 atom stereocenters. The Bertz CT molecular complexity index is 567. The second kappa shape index (κ2) is 7.42. The zero-order chi connectivity index (χ0) is 16.0. The Hall–Kier alpha value is -1.60. The van der Waals surface area contributed by atoms with Crippen molar-refractivity contribution in [2.24, 2.45) is 5.92 Å². The highest BCUT2D eigenvalue weighted by molar-refractivity contribution is 7.89. The van der Waals surface area contributed by atoms with E-state index < -0.39 is 22.0 Å². The van der Waals surface area contributed by atoms with Gasteiger partial charge in [0, 0.05) is 12.2 Å². The summed E-state index contributed by atoms with van der Waals surface area (Å²) < 4.78 is 26.0. The van der Waals surface area contributed by atoms with Crippen LogP contribution in [0.25, 0.3) is 0 Å². The van der Waals surface area contributed by atoms with Crippen LogP contribution < -0.4 is 10.0 Å². The van der Waals surface area contributed by atoms with E-state index in [1.165, 1.54) is 12.1 Å². The fourth-order valence-corrected chi connectivity index (χ4v) is 2.94. The normalized spacial score (nSPS) is 13.1. The van der Waals surface area contributed by atoms with E-state index >= 15 is 0 Å². The second-order valence-corrected chi connectivity index (χ2v) is 6.96. The van der Waals surface area contributed by atoms with Gasteiger partial charge in [0.2, 0.25) is 10.0 Å². The minimum Gasteiger partial charge on any atom is -0.480 e. The molecular formula is C14H22N2O4S. The molecule has 3 N–H and O–H groups in total. The molecule has 0 radical (unpaired) electrons. The lowest BCUT2D eigenvalue weighted by molar-refractivity contribution is -0.138. The number of hydrogen-bond acceptors (Lipinski definition) is 4. The van der Waals surface area contributed by atoms with Crippen LogP contribution in [0, 0.1) is 5.92 Å². The first kappa shape index (κ1) is 17.5. The van der Waals surface area contributed by atoms with Gasteiger partial charge in [-0.25, -0.2) is 17.9 Å². The maximum atomic E-state index is 11.8. The van der Waals surface area contributed by atoms with E-state index in [2.05, 4.69) is 10.0 Å². The van der Waals surface area contributed by atoms with Crippen LogP contribution in [0.15, 0.2) is 29.2 Å². The number of carboxylic acids is 1. The molecule has 1 aromatic rings. The van der Waals surface area contributed by atoms with Gasteiger partial charge in [-0.15, -0.1) is 0 Å². The smallest absolute Gasteiger partial charge is 0.326 e. The third-order valence-electron chi connectivity index (χ3n) is 2.85.